The summed E-state index contributed by atoms with van der Waals surface area (Å²) in [6.07, 6.45) is 0.589. The zero-order chi connectivity index (χ0) is 14.0. The van der Waals surface area contributed by atoms with Crippen molar-refractivity contribution in [1.82, 2.24) is 4.98 Å². The molecule has 100 valence electrons. The summed E-state index contributed by atoms with van der Waals surface area (Å²) in [5.74, 6) is -0.254. The number of hydrogen-bond donors (Lipinski definition) is 1. The predicted molar refractivity (Wildman–Crippen MR) is 70.5 cm³/mol. The van der Waals surface area contributed by atoms with E-state index >= 15 is 0 Å². The van der Waals surface area contributed by atoms with Gasteiger partial charge in [-0.3, -0.25) is 4.79 Å². The minimum atomic E-state index is -0.418. The summed E-state index contributed by atoms with van der Waals surface area (Å²) in [6.45, 7) is 1.78. The smallest absolute Gasteiger partial charge is 0.217 e. The fourth-order valence-electron chi connectivity index (χ4n) is 2.01. The van der Waals surface area contributed by atoms with Gasteiger partial charge in [-0.05, 0) is 31.0 Å². The molecule has 19 heavy (non-hydrogen) atoms. The summed E-state index contributed by atoms with van der Waals surface area (Å²) >= 11 is 0. The summed E-state index contributed by atoms with van der Waals surface area (Å²) < 4.78 is 19.3. The van der Waals surface area contributed by atoms with Crippen LogP contribution in [0.4, 0.5) is 4.39 Å². The molecule has 0 atom stereocenters. The number of benzene rings is 1. The first-order chi connectivity index (χ1) is 9.01. The maximum absolute atomic E-state index is 14.0. The van der Waals surface area contributed by atoms with E-state index in [1.807, 2.05) is 0 Å². The average Bonchev–Trinajstić information content (AvgIpc) is 2.36. The lowest BCUT2D eigenvalue weighted by atomic mass is 10.0. The molecule has 1 amide bonds. The Morgan fingerprint density at radius 1 is 1.42 bits per heavy atom. The van der Waals surface area contributed by atoms with Crippen LogP contribution < -0.4 is 10.5 Å². The maximum Gasteiger partial charge on any atom is 0.217 e. The molecule has 0 saturated carbocycles. The summed E-state index contributed by atoms with van der Waals surface area (Å²) in [6, 6.07) is 4.92. The summed E-state index contributed by atoms with van der Waals surface area (Å²) in [5.41, 5.74) is 6.76. The molecule has 0 radical (unpaired) electrons. The van der Waals surface area contributed by atoms with Gasteiger partial charge in [0.2, 0.25) is 5.91 Å². The molecule has 0 aliphatic heterocycles. The number of methoxy groups -OCH3 is 1. The van der Waals surface area contributed by atoms with E-state index in [0.29, 0.717) is 28.8 Å². The molecule has 5 heteroatoms. The van der Waals surface area contributed by atoms with Gasteiger partial charge in [-0.25, -0.2) is 9.37 Å². The average molecular weight is 262 g/mol. The van der Waals surface area contributed by atoms with E-state index < -0.39 is 11.7 Å². The van der Waals surface area contributed by atoms with Gasteiger partial charge < -0.3 is 10.5 Å². The van der Waals surface area contributed by atoms with Crippen LogP contribution in [0.1, 0.15) is 17.7 Å². The zero-order valence-corrected chi connectivity index (χ0v) is 10.9. The van der Waals surface area contributed by atoms with Gasteiger partial charge in [0.15, 0.2) is 0 Å². The van der Waals surface area contributed by atoms with Crippen molar-refractivity contribution in [3.63, 3.8) is 0 Å². The predicted octanol–water partition coefficient (Wildman–Crippen LogP) is 2.11. The van der Waals surface area contributed by atoms with Gasteiger partial charge in [-0.15, -0.1) is 0 Å². The highest BCUT2D eigenvalue weighted by Crippen LogP contribution is 2.28. The molecule has 0 saturated heterocycles. The lowest BCUT2D eigenvalue weighted by Gasteiger charge is -2.09. The van der Waals surface area contributed by atoms with Crippen LogP contribution in [0.5, 0.6) is 5.75 Å². The fraction of sp³-hybridized carbons (Fsp3) is 0.286. The van der Waals surface area contributed by atoms with Gasteiger partial charge in [0, 0.05) is 23.6 Å². The quantitative estimate of drug-likeness (QED) is 0.917. The van der Waals surface area contributed by atoms with Gasteiger partial charge in [0.1, 0.15) is 17.1 Å². The molecule has 1 aromatic carbocycles. The Labute approximate surface area is 110 Å². The number of hydrogen-bond acceptors (Lipinski definition) is 3. The van der Waals surface area contributed by atoms with Crippen LogP contribution >= 0.6 is 0 Å². The number of carbonyl (C=O) groups is 1. The summed E-state index contributed by atoms with van der Waals surface area (Å²) in [5, 5.41) is 0.604. The maximum atomic E-state index is 14.0. The second kappa shape index (κ2) is 5.22. The Balaban J connectivity index is 2.54. The van der Waals surface area contributed by atoms with E-state index in [9.17, 15) is 9.18 Å². The monoisotopic (exact) mass is 262 g/mol. The van der Waals surface area contributed by atoms with Gasteiger partial charge >= 0.3 is 0 Å². The van der Waals surface area contributed by atoms with E-state index in [0.717, 1.165) is 0 Å². The highest BCUT2D eigenvalue weighted by molar-refractivity contribution is 5.86. The first kappa shape index (κ1) is 13.3. The standard InChI is InChI=1S/C14H15FN2O2/c1-8-5-12(19-2)10-6-9(3-4-13(16)18)7-11(15)14(10)17-8/h5-7H,3-4H2,1-2H3,(H2,16,18). The van der Waals surface area contributed by atoms with Crippen molar-refractivity contribution in [2.45, 2.75) is 19.8 Å². The van der Waals surface area contributed by atoms with Crippen LogP contribution in [0.15, 0.2) is 18.2 Å². The topological polar surface area (TPSA) is 65.2 Å². The third kappa shape index (κ3) is 2.81. The Hall–Kier alpha value is -2.17. The number of ether oxygens (including phenoxy) is 1. The lowest BCUT2D eigenvalue weighted by Crippen LogP contribution is -2.11. The molecule has 0 aliphatic rings. The number of nitrogens with zero attached hydrogens (tertiary/aromatic N) is 1. The number of fused-ring (bicyclic) bond motifs is 1. The van der Waals surface area contributed by atoms with Crippen molar-refractivity contribution in [1.29, 1.82) is 0 Å². The third-order valence-corrected chi connectivity index (χ3v) is 2.90. The number of pyridine rings is 1. The first-order valence-corrected chi connectivity index (χ1v) is 5.93. The molecule has 0 spiro atoms. The van der Waals surface area contributed by atoms with E-state index in [1.54, 1.807) is 19.1 Å². The van der Waals surface area contributed by atoms with Crippen LogP contribution in [-0.2, 0) is 11.2 Å². The normalized spacial score (nSPS) is 10.7. The minimum Gasteiger partial charge on any atom is -0.496 e. The van der Waals surface area contributed by atoms with Crippen LogP contribution in [0.25, 0.3) is 10.9 Å². The molecule has 0 unspecified atom stereocenters. The number of amides is 1. The van der Waals surface area contributed by atoms with Crippen molar-refractivity contribution in [2.24, 2.45) is 5.73 Å². The largest absolute Gasteiger partial charge is 0.496 e. The number of rotatable bonds is 4. The van der Waals surface area contributed by atoms with Crippen molar-refractivity contribution in [3.8, 4) is 5.75 Å². The fourth-order valence-corrected chi connectivity index (χ4v) is 2.01. The molecule has 2 N–H and O–H groups in total. The molecule has 0 fully saturated rings. The molecule has 2 rings (SSSR count). The van der Waals surface area contributed by atoms with Gasteiger partial charge in [-0.1, -0.05) is 0 Å². The van der Waals surface area contributed by atoms with Crippen LogP contribution in [0.2, 0.25) is 0 Å². The second-order valence-electron chi connectivity index (χ2n) is 4.41. The van der Waals surface area contributed by atoms with Crippen LogP contribution in [-0.4, -0.2) is 18.0 Å². The van der Waals surface area contributed by atoms with Gasteiger partial charge in [-0.2, -0.15) is 0 Å². The molecule has 0 bridgehead atoms. The van der Waals surface area contributed by atoms with Crippen LogP contribution in [0.3, 0.4) is 0 Å². The molecule has 1 heterocycles. The molecule has 4 nitrogen and oxygen atoms in total. The Morgan fingerprint density at radius 2 is 2.16 bits per heavy atom. The molecule has 2 aromatic rings. The molecule has 1 aromatic heterocycles. The Bertz CT molecular complexity index is 641. The molecular weight excluding hydrogens is 247 g/mol. The highest BCUT2D eigenvalue weighted by Gasteiger charge is 2.11. The Morgan fingerprint density at radius 3 is 2.79 bits per heavy atom. The molecule has 0 aliphatic carbocycles. The van der Waals surface area contributed by atoms with Crippen LogP contribution in [0, 0.1) is 12.7 Å². The van der Waals surface area contributed by atoms with E-state index in [1.165, 1.54) is 13.2 Å². The van der Waals surface area contributed by atoms with Crippen molar-refractivity contribution in [2.75, 3.05) is 7.11 Å². The Kier molecular flexibility index (Phi) is 3.64. The van der Waals surface area contributed by atoms with E-state index in [-0.39, 0.29) is 11.9 Å². The first-order valence-electron chi connectivity index (χ1n) is 5.93. The van der Waals surface area contributed by atoms with Crippen molar-refractivity contribution in [3.05, 3.63) is 35.3 Å². The number of aryl methyl sites for hydroxylation is 2. The number of halogens is 1. The van der Waals surface area contributed by atoms with Crippen molar-refractivity contribution < 1.29 is 13.9 Å². The minimum absolute atomic E-state index is 0.187. The number of nitrogens with two attached hydrogens (primary N) is 1. The number of primary amides is 1. The van der Waals surface area contributed by atoms with E-state index in [4.69, 9.17) is 10.5 Å². The lowest BCUT2D eigenvalue weighted by molar-refractivity contribution is -0.117. The third-order valence-electron chi connectivity index (χ3n) is 2.90. The number of aromatic nitrogens is 1. The number of carbonyl (C=O) groups excluding carboxylic acids is 1. The van der Waals surface area contributed by atoms with E-state index in [2.05, 4.69) is 4.98 Å². The highest BCUT2D eigenvalue weighted by atomic mass is 19.1. The second-order valence-corrected chi connectivity index (χ2v) is 4.41. The SMILES string of the molecule is COc1cc(C)nc2c(F)cc(CCC(N)=O)cc12. The molecular formula is C14H15FN2O2. The van der Waals surface area contributed by atoms with Crippen molar-refractivity contribution >= 4 is 16.8 Å². The zero-order valence-electron chi connectivity index (χ0n) is 10.9. The van der Waals surface area contributed by atoms with Gasteiger partial charge in [0.05, 0.1) is 7.11 Å². The summed E-state index contributed by atoms with van der Waals surface area (Å²) in [4.78, 5) is 15.0. The van der Waals surface area contributed by atoms with Gasteiger partial charge in [0.25, 0.3) is 0 Å². The summed E-state index contributed by atoms with van der Waals surface area (Å²) in [7, 11) is 1.53.